The highest BCUT2D eigenvalue weighted by Crippen LogP contribution is 2.30. The van der Waals surface area contributed by atoms with Crippen molar-refractivity contribution in [2.24, 2.45) is 0 Å². The summed E-state index contributed by atoms with van der Waals surface area (Å²) in [4.78, 5) is 18.7. The molecule has 18 heavy (non-hydrogen) atoms. The molecule has 1 aliphatic heterocycles. The number of aryl methyl sites for hydroxylation is 1. The second-order valence-corrected chi connectivity index (χ2v) is 5.22. The Balaban J connectivity index is 1.67. The molecule has 1 unspecified atom stereocenters. The van der Waals surface area contributed by atoms with Gasteiger partial charge in [-0.2, -0.15) is 0 Å². The van der Waals surface area contributed by atoms with E-state index in [2.05, 4.69) is 15.2 Å². The summed E-state index contributed by atoms with van der Waals surface area (Å²) < 4.78 is 1.68. The summed E-state index contributed by atoms with van der Waals surface area (Å²) in [7, 11) is 0. The Bertz CT molecular complexity index is 480. The monoisotopic (exact) mass is 248 g/mol. The number of likely N-dealkylation sites (tertiary alicyclic amines) is 1. The van der Waals surface area contributed by atoms with Gasteiger partial charge in [0, 0.05) is 44.1 Å². The number of rotatable bonds is 4. The SMILES string of the molecule is CCn1ccnc(NC2CCN(C3CC3)C2)c1=O. The van der Waals surface area contributed by atoms with Gasteiger partial charge in [-0.3, -0.25) is 9.69 Å². The van der Waals surface area contributed by atoms with Crippen molar-refractivity contribution in [1.29, 1.82) is 0 Å². The second kappa shape index (κ2) is 4.72. The van der Waals surface area contributed by atoms with Crippen molar-refractivity contribution in [3.63, 3.8) is 0 Å². The van der Waals surface area contributed by atoms with E-state index in [1.54, 1.807) is 17.0 Å². The minimum Gasteiger partial charge on any atom is -0.361 e. The van der Waals surface area contributed by atoms with Crippen LogP contribution in [0.1, 0.15) is 26.2 Å². The molecule has 5 heteroatoms. The van der Waals surface area contributed by atoms with E-state index in [4.69, 9.17) is 0 Å². The predicted molar refractivity (Wildman–Crippen MR) is 70.8 cm³/mol. The Kier molecular flexibility index (Phi) is 3.07. The zero-order valence-electron chi connectivity index (χ0n) is 10.8. The molecule has 1 atom stereocenters. The van der Waals surface area contributed by atoms with Crippen LogP contribution in [0.15, 0.2) is 17.2 Å². The Hall–Kier alpha value is -1.36. The first kappa shape index (κ1) is 11.7. The molecule has 1 aromatic heterocycles. The molecule has 1 aromatic rings. The van der Waals surface area contributed by atoms with Gasteiger partial charge in [0.25, 0.3) is 5.56 Å². The van der Waals surface area contributed by atoms with Crippen molar-refractivity contribution < 1.29 is 0 Å². The first-order valence-electron chi connectivity index (χ1n) is 6.84. The van der Waals surface area contributed by atoms with E-state index < -0.39 is 0 Å². The molecule has 1 saturated heterocycles. The fourth-order valence-corrected chi connectivity index (χ4v) is 2.67. The molecule has 0 radical (unpaired) electrons. The number of hydrogen-bond donors (Lipinski definition) is 1. The predicted octanol–water partition coefficient (Wildman–Crippen LogP) is 0.912. The van der Waals surface area contributed by atoms with Crippen LogP contribution in [0, 0.1) is 0 Å². The third-order valence-corrected chi connectivity index (χ3v) is 3.88. The van der Waals surface area contributed by atoms with Crippen LogP contribution in [0.2, 0.25) is 0 Å². The van der Waals surface area contributed by atoms with Gasteiger partial charge in [-0.25, -0.2) is 4.98 Å². The van der Waals surface area contributed by atoms with Crippen molar-refractivity contribution in [3.8, 4) is 0 Å². The average Bonchev–Trinajstić information content (AvgIpc) is 3.13. The third kappa shape index (κ3) is 2.27. The summed E-state index contributed by atoms with van der Waals surface area (Å²) in [6, 6.07) is 1.19. The van der Waals surface area contributed by atoms with Gasteiger partial charge in [0.2, 0.25) is 0 Å². The topological polar surface area (TPSA) is 50.2 Å². The standard InChI is InChI=1S/C13H20N4O/c1-2-16-8-6-14-12(13(16)18)15-10-5-7-17(9-10)11-3-4-11/h6,8,10-11H,2-5,7,9H2,1H3,(H,14,15). The lowest BCUT2D eigenvalue weighted by Crippen LogP contribution is -2.31. The van der Waals surface area contributed by atoms with Crippen LogP contribution in [0.4, 0.5) is 5.82 Å². The van der Waals surface area contributed by atoms with E-state index in [9.17, 15) is 4.79 Å². The Labute approximate surface area is 107 Å². The van der Waals surface area contributed by atoms with Gasteiger partial charge in [0.05, 0.1) is 0 Å². The molecule has 5 nitrogen and oxygen atoms in total. The molecule has 0 spiro atoms. The van der Waals surface area contributed by atoms with Gasteiger partial charge in [-0.1, -0.05) is 0 Å². The van der Waals surface area contributed by atoms with Crippen molar-refractivity contribution >= 4 is 5.82 Å². The molecular weight excluding hydrogens is 228 g/mol. The lowest BCUT2D eigenvalue weighted by Gasteiger charge is -2.16. The highest BCUT2D eigenvalue weighted by molar-refractivity contribution is 5.32. The molecule has 1 aliphatic carbocycles. The molecule has 1 N–H and O–H groups in total. The second-order valence-electron chi connectivity index (χ2n) is 5.22. The lowest BCUT2D eigenvalue weighted by atomic mass is 10.2. The van der Waals surface area contributed by atoms with E-state index in [0.717, 1.165) is 25.6 Å². The molecule has 2 aliphatic rings. The molecule has 1 saturated carbocycles. The largest absolute Gasteiger partial charge is 0.361 e. The first-order chi connectivity index (χ1) is 8.78. The summed E-state index contributed by atoms with van der Waals surface area (Å²) in [6.45, 7) is 4.86. The van der Waals surface area contributed by atoms with E-state index in [1.807, 2.05) is 6.92 Å². The first-order valence-corrected chi connectivity index (χ1v) is 6.84. The van der Waals surface area contributed by atoms with Crippen LogP contribution in [0.5, 0.6) is 0 Å². The summed E-state index contributed by atoms with van der Waals surface area (Å²) in [5.74, 6) is 0.502. The quantitative estimate of drug-likeness (QED) is 0.860. The molecular formula is C13H20N4O. The highest BCUT2D eigenvalue weighted by Gasteiger charge is 2.34. The maximum atomic E-state index is 12.0. The van der Waals surface area contributed by atoms with Gasteiger partial charge < -0.3 is 9.88 Å². The summed E-state index contributed by atoms with van der Waals surface area (Å²) in [6.07, 6.45) is 7.23. The zero-order valence-corrected chi connectivity index (χ0v) is 10.8. The van der Waals surface area contributed by atoms with E-state index in [0.29, 0.717) is 18.4 Å². The summed E-state index contributed by atoms with van der Waals surface area (Å²) >= 11 is 0. The van der Waals surface area contributed by atoms with Crippen LogP contribution >= 0.6 is 0 Å². The Morgan fingerprint density at radius 1 is 1.44 bits per heavy atom. The summed E-state index contributed by atoms with van der Waals surface area (Å²) in [5.41, 5.74) is -0.00938. The van der Waals surface area contributed by atoms with Crippen LogP contribution < -0.4 is 10.9 Å². The fourth-order valence-electron chi connectivity index (χ4n) is 2.67. The molecule has 3 rings (SSSR count). The minimum atomic E-state index is -0.00938. The Morgan fingerprint density at radius 3 is 3.00 bits per heavy atom. The van der Waals surface area contributed by atoms with Gasteiger partial charge in [-0.05, 0) is 26.2 Å². The number of nitrogens with zero attached hydrogens (tertiary/aromatic N) is 3. The van der Waals surface area contributed by atoms with Crippen molar-refractivity contribution in [2.75, 3.05) is 18.4 Å². The Morgan fingerprint density at radius 2 is 2.28 bits per heavy atom. The lowest BCUT2D eigenvalue weighted by molar-refractivity contribution is 0.326. The van der Waals surface area contributed by atoms with Crippen LogP contribution in [0.3, 0.4) is 0 Å². The maximum Gasteiger partial charge on any atom is 0.293 e. The molecule has 2 heterocycles. The minimum absolute atomic E-state index is 0.00938. The normalized spacial score (nSPS) is 24.4. The van der Waals surface area contributed by atoms with Crippen LogP contribution in [-0.4, -0.2) is 39.6 Å². The molecule has 2 fully saturated rings. The van der Waals surface area contributed by atoms with Gasteiger partial charge in [-0.15, -0.1) is 0 Å². The summed E-state index contributed by atoms with van der Waals surface area (Å²) in [5, 5.41) is 3.31. The van der Waals surface area contributed by atoms with E-state index in [-0.39, 0.29) is 5.56 Å². The molecule has 0 bridgehead atoms. The van der Waals surface area contributed by atoms with Crippen molar-refractivity contribution in [1.82, 2.24) is 14.5 Å². The highest BCUT2D eigenvalue weighted by atomic mass is 16.1. The van der Waals surface area contributed by atoms with Crippen LogP contribution in [0.25, 0.3) is 0 Å². The van der Waals surface area contributed by atoms with Crippen molar-refractivity contribution in [3.05, 3.63) is 22.7 Å². The van der Waals surface area contributed by atoms with Gasteiger partial charge in [0.1, 0.15) is 0 Å². The smallest absolute Gasteiger partial charge is 0.293 e. The molecule has 98 valence electrons. The number of nitrogens with one attached hydrogen (secondary N) is 1. The number of hydrogen-bond acceptors (Lipinski definition) is 4. The van der Waals surface area contributed by atoms with Gasteiger partial charge >= 0.3 is 0 Å². The van der Waals surface area contributed by atoms with Crippen LogP contribution in [-0.2, 0) is 6.54 Å². The fraction of sp³-hybridized carbons (Fsp3) is 0.692. The van der Waals surface area contributed by atoms with Crippen molar-refractivity contribution in [2.45, 2.75) is 44.8 Å². The van der Waals surface area contributed by atoms with E-state index in [1.165, 1.54) is 12.8 Å². The number of anilines is 1. The van der Waals surface area contributed by atoms with Gasteiger partial charge in [0.15, 0.2) is 5.82 Å². The zero-order chi connectivity index (χ0) is 12.5. The average molecular weight is 248 g/mol. The third-order valence-electron chi connectivity index (χ3n) is 3.88. The maximum absolute atomic E-state index is 12.0. The molecule has 0 amide bonds. The molecule has 0 aromatic carbocycles. The van der Waals surface area contributed by atoms with E-state index >= 15 is 0 Å². The number of aromatic nitrogens is 2.